The van der Waals surface area contributed by atoms with Gasteiger partial charge in [-0.2, -0.15) is 0 Å². The fourth-order valence-electron chi connectivity index (χ4n) is 5.13. The molecule has 0 aliphatic carbocycles. The van der Waals surface area contributed by atoms with Crippen LogP contribution in [0.4, 0.5) is 0 Å². The predicted molar refractivity (Wildman–Crippen MR) is 195 cm³/mol. The number of thiazole rings is 1. The van der Waals surface area contributed by atoms with E-state index in [1.54, 1.807) is 75.4 Å². The molecule has 0 unspecified atom stereocenters. The summed E-state index contributed by atoms with van der Waals surface area (Å²) in [5.41, 5.74) is 2.10. The van der Waals surface area contributed by atoms with E-state index in [0.29, 0.717) is 57.2 Å². The van der Waals surface area contributed by atoms with Crippen molar-refractivity contribution < 1.29 is 33.3 Å². The van der Waals surface area contributed by atoms with E-state index >= 15 is 0 Å². The van der Waals surface area contributed by atoms with Gasteiger partial charge in [0.05, 0.1) is 51.7 Å². The van der Waals surface area contributed by atoms with E-state index in [1.807, 2.05) is 0 Å². The Morgan fingerprint density at radius 3 is 2.44 bits per heavy atom. The second kappa shape index (κ2) is 16.5. The summed E-state index contributed by atoms with van der Waals surface area (Å²) in [6.45, 7) is 5.43. The summed E-state index contributed by atoms with van der Waals surface area (Å²) < 4.78 is 29.9. The lowest BCUT2D eigenvalue weighted by atomic mass is 9.95. The molecule has 3 aromatic carbocycles. The number of allylic oxidation sites excluding steroid dienone is 1. The van der Waals surface area contributed by atoms with Gasteiger partial charge in [0.15, 0.2) is 28.7 Å². The molecule has 0 saturated heterocycles. The molecule has 0 saturated carbocycles. The van der Waals surface area contributed by atoms with Gasteiger partial charge in [-0.15, -0.1) is 0 Å². The molecule has 0 bridgehead atoms. The number of carbonyl (C=O) groups excluding carboxylic acids is 2. The Morgan fingerprint density at radius 2 is 1.76 bits per heavy atom. The normalized spacial score (nSPS) is 14.2. The standard InChI is InChI=1S/C35H30BrCl3N2O8S/c1-5-46-27-14-20(8-10-26(27)48-17-29(42)45-4)31-30(34(44)47-6-2)18(3)40-35-41(31)33(43)28(50-35)13-19-11-23(36)32(25(39)12-19)49-16-21-7-9-22(37)15-24(21)38/h7-15,31H,5-6,16-17H2,1-4H3/b28-13-/t31-/m1/s1. The van der Waals surface area contributed by atoms with Gasteiger partial charge in [0.1, 0.15) is 6.61 Å². The Labute approximate surface area is 314 Å². The number of esters is 2. The maximum absolute atomic E-state index is 14.2. The number of methoxy groups -OCH3 is 1. The third-order valence-electron chi connectivity index (χ3n) is 7.38. The topological polar surface area (TPSA) is 115 Å². The summed E-state index contributed by atoms with van der Waals surface area (Å²) in [5.74, 6) is -0.171. The summed E-state index contributed by atoms with van der Waals surface area (Å²) in [4.78, 5) is 44.3. The average molecular weight is 825 g/mol. The highest BCUT2D eigenvalue weighted by atomic mass is 79.9. The van der Waals surface area contributed by atoms with Crippen molar-refractivity contribution in [3.63, 3.8) is 0 Å². The number of hydrogen-bond acceptors (Lipinski definition) is 10. The van der Waals surface area contributed by atoms with Gasteiger partial charge in [0.2, 0.25) is 0 Å². The average Bonchev–Trinajstić information content (AvgIpc) is 3.37. The molecular weight excluding hydrogens is 795 g/mol. The maximum Gasteiger partial charge on any atom is 0.343 e. The smallest absolute Gasteiger partial charge is 0.343 e. The third kappa shape index (κ3) is 8.21. The number of halogens is 4. The van der Waals surface area contributed by atoms with Crippen molar-refractivity contribution in [3.8, 4) is 17.2 Å². The first kappa shape index (κ1) is 37.4. The molecule has 50 heavy (non-hydrogen) atoms. The number of hydrogen-bond donors (Lipinski definition) is 0. The van der Waals surface area contributed by atoms with Crippen molar-refractivity contribution in [1.29, 1.82) is 0 Å². The van der Waals surface area contributed by atoms with E-state index in [4.69, 9.17) is 53.8 Å². The number of nitrogens with zero attached hydrogens (tertiary/aromatic N) is 2. The van der Waals surface area contributed by atoms with Crippen molar-refractivity contribution in [2.45, 2.75) is 33.4 Å². The minimum Gasteiger partial charge on any atom is -0.490 e. The van der Waals surface area contributed by atoms with E-state index < -0.39 is 18.0 Å². The molecule has 0 fully saturated rings. The molecule has 0 spiro atoms. The molecule has 1 atom stereocenters. The van der Waals surface area contributed by atoms with Gasteiger partial charge in [-0.1, -0.05) is 58.3 Å². The molecule has 15 heteroatoms. The second-order valence-electron chi connectivity index (χ2n) is 10.6. The summed E-state index contributed by atoms with van der Waals surface area (Å²) in [6.07, 6.45) is 1.69. The van der Waals surface area contributed by atoms with Gasteiger partial charge in [-0.25, -0.2) is 14.6 Å². The summed E-state index contributed by atoms with van der Waals surface area (Å²) in [6, 6.07) is 12.6. The quantitative estimate of drug-likeness (QED) is 0.140. The van der Waals surface area contributed by atoms with E-state index in [-0.39, 0.29) is 43.3 Å². The largest absolute Gasteiger partial charge is 0.490 e. The lowest BCUT2D eigenvalue weighted by Gasteiger charge is -2.25. The SMILES string of the molecule is CCOC(=O)C1=C(C)N=c2s/c(=C\c3cc(Cl)c(OCc4ccc(Cl)cc4Cl)c(Br)c3)c(=O)n2[C@@H]1c1ccc(OCC(=O)OC)c(OCC)c1. The molecular formula is C35H30BrCl3N2O8S. The monoisotopic (exact) mass is 822 g/mol. The van der Waals surface area contributed by atoms with E-state index in [9.17, 15) is 14.4 Å². The van der Waals surface area contributed by atoms with Crippen molar-refractivity contribution in [3.05, 3.63) is 116 Å². The van der Waals surface area contributed by atoms with Crippen molar-refractivity contribution in [1.82, 2.24) is 4.57 Å². The molecule has 4 aromatic rings. The van der Waals surface area contributed by atoms with Crippen molar-refractivity contribution >= 4 is 80.1 Å². The van der Waals surface area contributed by atoms with Crippen LogP contribution in [0.25, 0.3) is 6.08 Å². The van der Waals surface area contributed by atoms with Crippen LogP contribution in [0.1, 0.15) is 43.5 Å². The fourth-order valence-corrected chi connectivity index (χ4v) is 7.62. The lowest BCUT2D eigenvalue weighted by molar-refractivity contribution is -0.143. The van der Waals surface area contributed by atoms with Gasteiger partial charge in [0, 0.05) is 15.6 Å². The van der Waals surface area contributed by atoms with Crippen molar-refractivity contribution in [2.24, 2.45) is 4.99 Å². The minimum atomic E-state index is -0.910. The Morgan fingerprint density at radius 1 is 0.980 bits per heavy atom. The first-order valence-corrected chi connectivity index (χ1v) is 17.9. The minimum absolute atomic E-state index is 0.124. The molecule has 0 amide bonds. The number of rotatable bonds is 12. The number of carbonyl (C=O) groups is 2. The van der Waals surface area contributed by atoms with Crippen LogP contribution in [0.5, 0.6) is 17.2 Å². The van der Waals surface area contributed by atoms with Crippen LogP contribution in [0.3, 0.4) is 0 Å². The molecule has 262 valence electrons. The van der Waals surface area contributed by atoms with Gasteiger partial charge in [-0.3, -0.25) is 9.36 Å². The molecule has 1 aliphatic rings. The fraction of sp³-hybridized carbons (Fsp3) is 0.257. The molecule has 10 nitrogen and oxygen atoms in total. The highest BCUT2D eigenvalue weighted by Crippen LogP contribution is 2.38. The Kier molecular flexibility index (Phi) is 12.3. The van der Waals surface area contributed by atoms with Crippen LogP contribution < -0.4 is 29.1 Å². The summed E-state index contributed by atoms with van der Waals surface area (Å²) in [5, 5.41) is 1.29. The molecule has 0 N–H and O–H groups in total. The Hall–Kier alpha value is -3.81. The second-order valence-corrected chi connectivity index (χ2v) is 13.8. The van der Waals surface area contributed by atoms with Gasteiger partial charge >= 0.3 is 11.9 Å². The van der Waals surface area contributed by atoms with E-state index in [1.165, 1.54) is 11.7 Å². The molecule has 0 radical (unpaired) electrons. The zero-order chi connectivity index (χ0) is 36.1. The Balaban J connectivity index is 1.56. The predicted octanol–water partition coefficient (Wildman–Crippen LogP) is 7.05. The number of fused-ring (bicyclic) bond motifs is 1. The molecule has 5 rings (SSSR count). The van der Waals surface area contributed by atoms with Crippen LogP contribution >= 0.6 is 62.1 Å². The number of ether oxygens (including phenoxy) is 5. The maximum atomic E-state index is 14.2. The number of aromatic nitrogens is 1. The summed E-state index contributed by atoms with van der Waals surface area (Å²) >= 11 is 23.7. The van der Waals surface area contributed by atoms with Crippen molar-refractivity contribution in [2.75, 3.05) is 26.9 Å². The van der Waals surface area contributed by atoms with Crippen LogP contribution in [0.15, 0.2) is 74.1 Å². The van der Waals surface area contributed by atoms with E-state index in [2.05, 4.69) is 25.7 Å². The highest BCUT2D eigenvalue weighted by molar-refractivity contribution is 9.10. The highest BCUT2D eigenvalue weighted by Gasteiger charge is 2.34. The van der Waals surface area contributed by atoms with Gasteiger partial charge in [0.25, 0.3) is 5.56 Å². The van der Waals surface area contributed by atoms with Gasteiger partial charge in [-0.05, 0) is 90.3 Å². The van der Waals surface area contributed by atoms with Crippen LogP contribution in [0.2, 0.25) is 15.1 Å². The molecule has 1 aromatic heterocycles. The van der Waals surface area contributed by atoms with Gasteiger partial charge < -0.3 is 23.7 Å². The van der Waals surface area contributed by atoms with Crippen LogP contribution in [0, 0.1) is 0 Å². The zero-order valence-electron chi connectivity index (χ0n) is 27.2. The zero-order valence-corrected chi connectivity index (χ0v) is 31.9. The van der Waals surface area contributed by atoms with Crippen LogP contribution in [-0.4, -0.2) is 43.4 Å². The van der Waals surface area contributed by atoms with Crippen LogP contribution in [-0.2, 0) is 25.7 Å². The third-order valence-corrected chi connectivity index (χ3v) is 9.82. The summed E-state index contributed by atoms with van der Waals surface area (Å²) in [7, 11) is 1.26. The molecule has 1 aliphatic heterocycles. The first-order chi connectivity index (χ1) is 23.9. The number of benzene rings is 3. The van der Waals surface area contributed by atoms with E-state index in [0.717, 1.165) is 16.9 Å². The first-order valence-electron chi connectivity index (χ1n) is 15.2. The lowest BCUT2D eigenvalue weighted by Crippen LogP contribution is -2.40. The molecule has 2 heterocycles. The Bertz CT molecular complexity index is 2160.